The second kappa shape index (κ2) is 8.24. The molecule has 0 saturated carbocycles. The molecule has 1 unspecified atom stereocenters. The van der Waals surface area contributed by atoms with Crippen LogP contribution in [0.5, 0.6) is 0 Å². The van der Waals surface area contributed by atoms with Crippen LogP contribution in [-0.4, -0.2) is 34.7 Å². The zero-order valence-electron chi connectivity index (χ0n) is 12.9. The number of nitrogens with one attached hydrogen (secondary N) is 2. The molecular formula is C14H23BrN2O3S. The molecule has 0 aromatic heterocycles. The molecule has 0 spiro atoms. The summed E-state index contributed by atoms with van der Waals surface area (Å²) in [6.07, 6.45) is -0.162. The first kappa shape index (κ1) is 18.6. The lowest BCUT2D eigenvalue weighted by Crippen LogP contribution is -2.32. The number of sulfonamides is 1. The Morgan fingerprint density at radius 3 is 2.62 bits per heavy atom. The minimum atomic E-state index is -3.57. The van der Waals surface area contributed by atoms with Gasteiger partial charge in [0, 0.05) is 24.2 Å². The minimum absolute atomic E-state index is 0.162. The lowest BCUT2D eigenvalue weighted by Gasteiger charge is -2.15. The van der Waals surface area contributed by atoms with E-state index in [0.29, 0.717) is 17.6 Å². The summed E-state index contributed by atoms with van der Waals surface area (Å²) < 4.78 is 33.4. The van der Waals surface area contributed by atoms with Gasteiger partial charge in [-0.15, -0.1) is 0 Å². The van der Waals surface area contributed by atoms with Gasteiger partial charge in [-0.05, 0) is 60.9 Å². The second-order valence-electron chi connectivity index (χ2n) is 4.87. The normalized spacial score (nSPS) is 13.4. The van der Waals surface area contributed by atoms with Crippen molar-refractivity contribution in [1.29, 1.82) is 0 Å². The molecule has 1 aromatic rings. The van der Waals surface area contributed by atoms with E-state index in [-0.39, 0.29) is 17.5 Å². The quantitative estimate of drug-likeness (QED) is 0.727. The van der Waals surface area contributed by atoms with Gasteiger partial charge in [0.2, 0.25) is 10.0 Å². The monoisotopic (exact) mass is 378 g/mol. The molecule has 0 aliphatic rings. The van der Waals surface area contributed by atoms with Crippen LogP contribution in [0, 0.1) is 6.92 Å². The minimum Gasteiger partial charge on any atom is -0.377 e. The van der Waals surface area contributed by atoms with Gasteiger partial charge >= 0.3 is 0 Å². The SMILES string of the molecule is CCOC(C)CNS(=O)(=O)c1cc(CNC)cc(C)c1Br. The molecule has 0 fully saturated rings. The van der Waals surface area contributed by atoms with Crippen LogP contribution in [0.15, 0.2) is 21.5 Å². The molecule has 1 rings (SSSR count). The van der Waals surface area contributed by atoms with E-state index in [9.17, 15) is 8.42 Å². The van der Waals surface area contributed by atoms with E-state index in [1.165, 1.54) is 0 Å². The van der Waals surface area contributed by atoms with Gasteiger partial charge in [0.25, 0.3) is 0 Å². The molecule has 1 aromatic carbocycles. The zero-order chi connectivity index (χ0) is 16.0. The van der Waals surface area contributed by atoms with Gasteiger partial charge in [0.1, 0.15) is 0 Å². The molecule has 120 valence electrons. The van der Waals surface area contributed by atoms with E-state index in [0.717, 1.165) is 11.1 Å². The third kappa shape index (κ3) is 5.34. The second-order valence-corrected chi connectivity index (χ2v) is 7.40. The Morgan fingerprint density at radius 2 is 2.05 bits per heavy atom. The van der Waals surface area contributed by atoms with E-state index < -0.39 is 10.0 Å². The summed E-state index contributed by atoms with van der Waals surface area (Å²) in [5, 5.41) is 3.03. The van der Waals surface area contributed by atoms with Crippen LogP contribution >= 0.6 is 15.9 Å². The average molecular weight is 379 g/mol. The predicted molar refractivity (Wildman–Crippen MR) is 87.9 cm³/mol. The fourth-order valence-electron chi connectivity index (χ4n) is 1.96. The van der Waals surface area contributed by atoms with Crippen LogP contribution in [-0.2, 0) is 21.3 Å². The largest absolute Gasteiger partial charge is 0.377 e. The highest BCUT2D eigenvalue weighted by molar-refractivity contribution is 9.10. The molecule has 0 radical (unpaired) electrons. The smallest absolute Gasteiger partial charge is 0.241 e. The molecule has 7 heteroatoms. The molecule has 0 saturated heterocycles. The van der Waals surface area contributed by atoms with Gasteiger partial charge < -0.3 is 10.1 Å². The molecule has 0 aliphatic heterocycles. The summed E-state index contributed by atoms with van der Waals surface area (Å²) in [5.41, 5.74) is 1.82. The number of hydrogen-bond acceptors (Lipinski definition) is 4. The van der Waals surface area contributed by atoms with E-state index in [4.69, 9.17) is 4.74 Å². The molecule has 0 aliphatic carbocycles. The standard InChI is InChI=1S/C14H23BrN2O3S/c1-5-20-11(3)8-17-21(18,19)13-7-12(9-16-4)6-10(2)14(13)15/h6-7,11,16-17H,5,8-9H2,1-4H3. The molecular weight excluding hydrogens is 356 g/mol. The highest BCUT2D eigenvalue weighted by atomic mass is 79.9. The molecule has 2 N–H and O–H groups in total. The number of halogens is 1. The third-order valence-electron chi connectivity index (χ3n) is 2.96. The average Bonchev–Trinajstić information content (AvgIpc) is 2.41. The summed E-state index contributed by atoms with van der Waals surface area (Å²) in [4.78, 5) is 0.261. The van der Waals surface area contributed by atoms with Crippen LogP contribution in [0.3, 0.4) is 0 Å². The number of aryl methyl sites for hydroxylation is 1. The molecule has 0 bridgehead atoms. The van der Waals surface area contributed by atoms with Crippen molar-refractivity contribution in [2.24, 2.45) is 0 Å². The van der Waals surface area contributed by atoms with Crippen molar-refractivity contribution in [3.63, 3.8) is 0 Å². The van der Waals surface area contributed by atoms with Crippen LogP contribution in [0.1, 0.15) is 25.0 Å². The maximum absolute atomic E-state index is 12.5. The predicted octanol–water partition coefficient (Wildman–Crippen LogP) is 2.18. The zero-order valence-corrected chi connectivity index (χ0v) is 15.3. The summed E-state index contributed by atoms with van der Waals surface area (Å²) >= 11 is 3.37. The van der Waals surface area contributed by atoms with Crippen LogP contribution < -0.4 is 10.0 Å². The fraction of sp³-hybridized carbons (Fsp3) is 0.571. The van der Waals surface area contributed by atoms with Crippen molar-refractivity contribution in [1.82, 2.24) is 10.0 Å². The number of benzene rings is 1. The van der Waals surface area contributed by atoms with Gasteiger partial charge in [-0.1, -0.05) is 6.07 Å². The van der Waals surface area contributed by atoms with Gasteiger partial charge in [0.15, 0.2) is 0 Å². The van der Waals surface area contributed by atoms with Crippen LogP contribution in [0.4, 0.5) is 0 Å². The van der Waals surface area contributed by atoms with Gasteiger partial charge in [0.05, 0.1) is 11.0 Å². The molecule has 0 heterocycles. The van der Waals surface area contributed by atoms with Crippen molar-refractivity contribution in [3.8, 4) is 0 Å². The van der Waals surface area contributed by atoms with Crippen molar-refractivity contribution in [2.75, 3.05) is 20.2 Å². The fourth-order valence-corrected chi connectivity index (χ4v) is 4.14. The summed E-state index contributed by atoms with van der Waals surface area (Å²) in [5.74, 6) is 0. The highest BCUT2D eigenvalue weighted by Crippen LogP contribution is 2.27. The van der Waals surface area contributed by atoms with E-state index in [1.54, 1.807) is 6.07 Å². The topological polar surface area (TPSA) is 67.4 Å². The van der Waals surface area contributed by atoms with Gasteiger partial charge in [-0.3, -0.25) is 0 Å². The maximum atomic E-state index is 12.5. The summed E-state index contributed by atoms with van der Waals surface area (Å²) in [6, 6.07) is 3.64. The Kier molecular flexibility index (Phi) is 7.29. The van der Waals surface area contributed by atoms with Crippen molar-refractivity contribution in [2.45, 2.75) is 38.3 Å². The number of ether oxygens (including phenoxy) is 1. The van der Waals surface area contributed by atoms with Crippen LogP contribution in [0.2, 0.25) is 0 Å². The first-order valence-corrected chi connectivity index (χ1v) is 9.14. The first-order valence-electron chi connectivity index (χ1n) is 6.86. The number of rotatable bonds is 8. The molecule has 1 atom stereocenters. The van der Waals surface area contributed by atoms with Gasteiger partial charge in [-0.25, -0.2) is 13.1 Å². The maximum Gasteiger partial charge on any atom is 0.241 e. The Labute approximate surface area is 135 Å². The summed E-state index contributed by atoms with van der Waals surface area (Å²) in [6.45, 7) is 7.02. The van der Waals surface area contributed by atoms with E-state index in [2.05, 4.69) is 26.0 Å². The Bertz CT molecular complexity index is 576. The van der Waals surface area contributed by atoms with Gasteiger partial charge in [-0.2, -0.15) is 0 Å². The third-order valence-corrected chi connectivity index (χ3v) is 5.73. The summed E-state index contributed by atoms with van der Waals surface area (Å²) in [7, 11) is -1.75. The molecule has 21 heavy (non-hydrogen) atoms. The first-order chi connectivity index (χ1) is 9.81. The van der Waals surface area contributed by atoms with Crippen molar-refractivity contribution < 1.29 is 13.2 Å². The lowest BCUT2D eigenvalue weighted by molar-refractivity contribution is 0.0799. The number of hydrogen-bond donors (Lipinski definition) is 2. The Hall–Kier alpha value is -0.470. The Morgan fingerprint density at radius 1 is 1.38 bits per heavy atom. The highest BCUT2D eigenvalue weighted by Gasteiger charge is 2.20. The molecule has 0 amide bonds. The van der Waals surface area contributed by atoms with E-state index in [1.807, 2.05) is 33.9 Å². The van der Waals surface area contributed by atoms with Crippen LogP contribution in [0.25, 0.3) is 0 Å². The van der Waals surface area contributed by atoms with E-state index >= 15 is 0 Å². The van der Waals surface area contributed by atoms with Crippen molar-refractivity contribution in [3.05, 3.63) is 27.7 Å². The molecule has 5 nitrogen and oxygen atoms in total. The lowest BCUT2D eigenvalue weighted by atomic mass is 10.1. The Balaban J connectivity index is 3.01. The van der Waals surface area contributed by atoms with Crippen molar-refractivity contribution >= 4 is 26.0 Å².